The van der Waals surface area contributed by atoms with Crippen LogP contribution in [0, 0.1) is 0 Å². The van der Waals surface area contributed by atoms with Crippen molar-refractivity contribution in [1.82, 2.24) is 14.5 Å². The molecule has 0 radical (unpaired) electrons. The maximum absolute atomic E-state index is 11.4. The Kier molecular flexibility index (Phi) is 2.63. The van der Waals surface area contributed by atoms with Crippen LogP contribution in [-0.4, -0.2) is 20.3 Å². The lowest BCUT2D eigenvalue weighted by Crippen LogP contribution is -1.95. The second kappa shape index (κ2) is 4.31. The number of pyridine rings is 1. The van der Waals surface area contributed by atoms with E-state index in [-0.39, 0.29) is 5.78 Å². The van der Waals surface area contributed by atoms with Crippen LogP contribution in [0.25, 0.3) is 22.4 Å². The summed E-state index contributed by atoms with van der Waals surface area (Å²) in [5.41, 5.74) is 3.50. The predicted molar refractivity (Wildman–Crippen MR) is 73.9 cm³/mol. The highest BCUT2D eigenvalue weighted by atomic mass is 16.1. The fraction of sp³-hybridized carbons (Fsp3) is 0.133. The number of carbonyl (C=O) groups is 1. The molecule has 0 unspecified atom stereocenters. The van der Waals surface area contributed by atoms with Gasteiger partial charge in [0.25, 0.3) is 0 Å². The number of ketones is 1. The van der Waals surface area contributed by atoms with Crippen molar-refractivity contribution in [3.8, 4) is 11.4 Å². The summed E-state index contributed by atoms with van der Waals surface area (Å²) >= 11 is 0. The van der Waals surface area contributed by atoms with E-state index in [0.29, 0.717) is 5.56 Å². The van der Waals surface area contributed by atoms with Crippen LogP contribution in [0.3, 0.4) is 0 Å². The molecule has 2 heterocycles. The van der Waals surface area contributed by atoms with E-state index < -0.39 is 0 Å². The van der Waals surface area contributed by atoms with Gasteiger partial charge in [0.1, 0.15) is 5.82 Å². The van der Waals surface area contributed by atoms with Gasteiger partial charge in [-0.15, -0.1) is 0 Å². The highest BCUT2D eigenvalue weighted by Gasteiger charge is 2.11. The lowest BCUT2D eigenvalue weighted by atomic mass is 10.1. The lowest BCUT2D eigenvalue weighted by Gasteiger charge is -2.02. The number of Topliss-reactive ketones (excluding diaryl/α,β-unsaturated/α-hetero) is 1. The van der Waals surface area contributed by atoms with Gasteiger partial charge in [-0.3, -0.25) is 9.78 Å². The first-order valence-electron chi connectivity index (χ1n) is 6.04. The Morgan fingerprint density at radius 2 is 2.11 bits per heavy atom. The highest BCUT2D eigenvalue weighted by Crippen LogP contribution is 2.23. The van der Waals surface area contributed by atoms with E-state index >= 15 is 0 Å². The minimum absolute atomic E-state index is 0.0611. The van der Waals surface area contributed by atoms with E-state index in [2.05, 4.69) is 9.97 Å². The molecule has 2 aromatic heterocycles. The maximum atomic E-state index is 11.4. The van der Waals surface area contributed by atoms with Crippen molar-refractivity contribution in [3.05, 3.63) is 48.3 Å². The zero-order chi connectivity index (χ0) is 13.4. The molecule has 0 atom stereocenters. The SMILES string of the molecule is CC(=O)c1ccc2nc(-c3cccnc3)n(C)c2c1. The van der Waals surface area contributed by atoms with Crippen molar-refractivity contribution in [2.75, 3.05) is 0 Å². The molecule has 0 bridgehead atoms. The number of benzene rings is 1. The number of hydrogen-bond donors (Lipinski definition) is 0. The van der Waals surface area contributed by atoms with Gasteiger partial charge in [-0.25, -0.2) is 4.98 Å². The first-order valence-corrected chi connectivity index (χ1v) is 6.04. The number of hydrogen-bond acceptors (Lipinski definition) is 3. The third-order valence-corrected chi connectivity index (χ3v) is 3.21. The number of carbonyl (C=O) groups excluding carboxylic acids is 1. The Balaban J connectivity index is 2.24. The molecule has 0 amide bonds. The minimum atomic E-state index is 0.0611. The van der Waals surface area contributed by atoms with Crippen LogP contribution in [0.4, 0.5) is 0 Å². The lowest BCUT2D eigenvalue weighted by molar-refractivity contribution is 0.101. The van der Waals surface area contributed by atoms with Crippen LogP contribution in [-0.2, 0) is 7.05 Å². The summed E-state index contributed by atoms with van der Waals surface area (Å²) in [7, 11) is 1.95. The summed E-state index contributed by atoms with van der Waals surface area (Å²) in [6, 6.07) is 9.43. The molecule has 0 aliphatic heterocycles. The molecule has 0 aliphatic rings. The fourth-order valence-electron chi connectivity index (χ4n) is 2.16. The van der Waals surface area contributed by atoms with Gasteiger partial charge < -0.3 is 4.57 Å². The predicted octanol–water partition coefficient (Wildman–Crippen LogP) is 2.84. The number of fused-ring (bicyclic) bond motifs is 1. The standard InChI is InChI=1S/C15H13N3O/c1-10(19)11-5-6-13-14(8-11)18(2)15(17-13)12-4-3-7-16-9-12/h3-9H,1-2H3. The number of rotatable bonds is 2. The molecular formula is C15H13N3O. The molecule has 4 nitrogen and oxygen atoms in total. The van der Waals surface area contributed by atoms with Crippen LogP contribution in [0.1, 0.15) is 17.3 Å². The van der Waals surface area contributed by atoms with Gasteiger partial charge in [0.2, 0.25) is 0 Å². The Labute approximate surface area is 110 Å². The average Bonchev–Trinajstić information content (AvgIpc) is 2.77. The number of nitrogens with zero attached hydrogens (tertiary/aromatic N) is 3. The van der Waals surface area contributed by atoms with Crippen LogP contribution in [0.2, 0.25) is 0 Å². The van der Waals surface area contributed by atoms with E-state index in [1.54, 1.807) is 19.3 Å². The fourth-order valence-corrected chi connectivity index (χ4v) is 2.16. The molecule has 1 aromatic carbocycles. The Morgan fingerprint density at radius 1 is 1.26 bits per heavy atom. The van der Waals surface area contributed by atoms with Gasteiger partial charge in [0, 0.05) is 30.6 Å². The summed E-state index contributed by atoms with van der Waals surface area (Å²) in [6.45, 7) is 1.57. The zero-order valence-electron chi connectivity index (χ0n) is 10.8. The largest absolute Gasteiger partial charge is 0.327 e. The summed E-state index contributed by atoms with van der Waals surface area (Å²) in [6.07, 6.45) is 3.52. The monoisotopic (exact) mass is 251 g/mol. The Morgan fingerprint density at radius 3 is 2.79 bits per heavy atom. The van der Waals surface area contributed by atoms with Crippen molar-refractivity contribution < 1.29 is 4.79 Å². The first-order chi connectivity index (χ1) is 9.16. The molecular weight excluding hydrogens is 238 g/mol. The van der Waals surface area contributed by atoms with Gasteiger partial charge in [-0.05, 0) is 37.3 Å². The van der Waals surface area contributed by atoms with E-state index in [1.807, 2.05) is 41.9 Å². The van der Waals surface area contributed by atoms with Gasteiger partial charge in [-0.1, -0.05) is 0 Å². The molecule has 94 valence electrons. The van der Waals surface area contributed by atoms with Crippen LogP contribution in [0.15, 0.2) is 42.7 Å². The molecule has 3 aromatic rings. The summed E-state index contributed by atoms with van der Waals surface area (Å²) in [5, 5.41) is 0. The van der Waals surface area contributed by atoms with Crippen LogP contribution in [0.5, 0.6) is 0 Å². The smallest absolute Gasteiger partial charge is 0.159 e. The Hall–Kier alpha value is -2.49. The minimum Gasteiger partial charge on any atom is -0.327 e. The number of aromatic nitrogens is 3. The topological polar surface area (TPSA) is 47.8 Å². The molecule has 0 fully saturated rings. The van der Waals surface area contributed by atoms with E-state index in [4.69, 9.17) is 0 Å². The highest BCUT2D eigenvalue weighted by molar-refractivity contribution is 5.97. The third-order valence-electron chi connectivity index (χ3n) is 3.21. The van der Waals surface area contributed by atoms with Gasteiger partial charge >= 0.3 is 0 Å². The van der Waals surface area contributed by atoms with Crippen molar-refractivity contribution in [2.45, 2.75) is 6.92 Å². The zero-order valence-corrected chi connectivity index (χ0v) is 10.8. The molecule has 19 heavy (non-hydrogen) atoms. The summed E-state index contributed by atoms with van der Waals surface area (Å²) in [5.74, 6) is 0.912. The second-order valence-corrected chi connectivity index (χ2v) is 4.50. The summed E-state index contributed by atoms with van der Waals surface area (Å²) in [4.78, 5) is 20.1. The van der Waals surface area contributed by atoms with Gasteiger partial charge in [0.15, 0.2) is 5.78 Å². The van der Waals surface area contributed by atoms with E-state index in [9.17, 15) is 4.79 Å². The molecule has 0 saturated carbocycles. The third kappa shape index (κ3) is 1.91. The average molecular weight is 251 g/mol. The Bertz CT molecular complexity index is 760. The summed E-state index contributed by atoms with van der Waals surface area (Å²) < 4.78 is 1.98. The van der Waals surface area contributed by atoms with Crippen molar-refractivity contribution in [1.29, 1.82) is 0 Å². The molecule has 0 spiro atoms. The number of aryl methyl sites for hydroxylation is 1. The molecule has 0 N–H and O–H groups in total. The van der Waals surface area contributed by atoms with E-state index in [0.717, 1.165) is 22.4 Å². The molecule has 0 saturated heterocycles. The van der Waals surface area contributed by atoms with Crippen molar-refractivity contribution >= 4 is 16.8 Å². The normalized spacial score (nSPS) is 10.8. The molecule has 0 aliphatic carbocycles. The second-order valence-electron chi connectivity index (χ2n) is 4.50. The molecule has 4 heteroatoms. The first kappa shape index (κ1) is 11.6. The quantitative estimate of drug-likeness (QED) is 0.658. The van der Waals surface area contributed by atoms with E-state index in [1.165, 1.54) is 0 Å². The van der Waals surface area contributed by atoms with Crippen LogP contribution >= 0.6 is 0 Å². The van der Waals surface area contributed by atoms with Crippen molar-refractivity contribution in [3.63, 3.8) is 0 Å². The van der Waals surface area contributed by atoms with Crippen LogP contribution < -0.4 is 0 Å². The maximum Gasteiger partial charge on any atom is 0.159 e. The van der Waals surface area contributed by atoms with Gasteiger partial charge in [0.05, 0.1) is 11.0 Å². The molecule has 3 rings (SSSR count). The van der Waals surface area contributed by atoms with Crippen molar-refractivity contribution in [2.24, 2.45) is 7.05 Å². The van der Waals surface area contributed by atoms with Gasteiger partial charge in [-0.2, -0.15) is 0 Å². The number of imidazole rings is 1.